The Morgan fingerprint density at radius 3 is 2.34 bits per heavy atom. The van der Waals surface area contributed by atoms with E-state index in [9.17, 15) is 9.59 Å². The number of rotatable bonds is 7. The minimum Gasteiger partial charge on any atom is -0.351 e. The lowest BCUT2D eigenvalue weighted by Gasteiger charge is -2.26. The summed E-state index contributed by atoms with van der Waals surface area (Å²) < 4.78 is 0. The van der Waals surface area contributed by atoms with Crippen LogP contribution in [0.4, 0.5) is 0 Å². The van der Waals surface area contributed by atoms with Crippen LogP contribution in [0.25, 0.3) is 0 Å². The van der Waals surface area contributed by atoms with Gasteiger partial charge >= 0.3 is 0 Å². The summed E-state index contributed by atoms with van der Waals surface area (Å²) in [6, 6.07) is 18.3. The average Bonchev–Trinajstić information content (AvgIpc) is 3.44. The van der Waals surface area contributed by atoms with Crippen LogP contribution in [0.15, 0.2) is 48.5 Å². The van der Waals surface area contributed by atoms with Gasteiger partial charge in [0.15, 0.2) is 0 Å². The fraction of sp³-hybridized carbons (Fsp3) is 0.483. The number of benzene rings is 2. The first-order chi connectivity index (χ1) is 16.9. The maximum atomic E-state index is 12.2. The van der Waals surface area contributed by atoms with Crippen molar-refractivity contribution in [3.05, 3.63) is 70.8 Å². The number of hydrogen-bond donors (Lipinski definition) is 2. The molecular formula is C29H40N4O2. The van der Waals surface area contributed by atoms with Gasteiger partial charge in [-0.15, -0.1) is 0 Å². The van der Waals surface area contributed by atoms with Crippen molar-refractivity contribution < 1.29 is 9.59 Å². The first-order valence-electron chi connectivity index (χ1n) is 12.6. The van der Waals surface area contributed by atoms with Crippen molar-refractivity contribution in [1.29, 1.82) is 5.26 Å². The molecule has 0 radical (unpaired) electrons. The Morgan fingerprint density at radius 1 is 1.14 bits per heavy atom. The first kappa shape index (κ1) is 28.2. The van der Waals surface area contributed by atoms with Crippen molar-refractivity contribution >= 4 is 12.2 Å². The summed E-state index contributed by atoms with van der Waals surface area (Å²) in [5.74, 6) is 0.0490. The zero-order valence-electron chi connectivity index (χ0n) is 21.6. The normalized spacial score (nSPS) is 20.4. The molecule has 2 aromatic carbocycles. The molecule has 0 bridgehead atoms. The molecule has 1 aliphatic carbocycles. The number of hydrogen-bond acceptors (Lipinski definition) is 5. The number of amides is 1. The van der Waals surface area contributed by atoms with Crippen molar-refractivity contribution in [2.24, 2.45) is 0 Å². The van der Waals surface area contributed by atoms with Crippen LogP contribution in [0.1, 0.15) is 68.7 Å². The number of carbonyl (C=O) groups is 2. The van der Waals surface area contributed by atoms with Gasteiger partial charge < -0.3 is 15.4 Å². The van der Waals surface area contributed by atoms with Gasteiger partial charge in [-0.25, -0.2) is 0 Å². The topological polar surface area (TPSA) is 85.2 Å². The van der Waals surface area contributed by atoms with E-state index in [1.807, 2.05) is 26.0 Å². The molecule has 0 aromatic heterocycles. The van der Waals surface area contributed by atoms with E-state index in [1.54, 1.807) is 12.1 Å². The highest BCUT2D eigenvalue weighted by Gasteiger charge is 2.35. The maximum Gasteiger partial charge on any atom is 0.220 e. The molecule has 1 aliphatic heterocycles. The van der Waals surface area contributed by atoms with Crippen molar-refractivity contribution in [1.82, 2.24) is 15.5 Å². The lowest BCUT2D eigenvalue weighted by Crippen LogP contribution is -2.45. The zero-order valence-corrected chi connectivity index (χ0v) is 21.6. The van der Waals surface area contributed by atoms with Gasteiger partial charge in [-0.05, 0) is 68.5 Å². The Kier molecular flexibility index (Phi) is 11.6. The first-order valence-corrected chi connectivity index (χ1v) is 12.6. The van der Waals surface area contributed by atoms with E-state index in [4.69, 9.17) is 5.26 Å². The molecule has 2 aromatic rings. The van der Waals surface area contributed by atoms with E-state index in [2.05, 4.69) is 59.8 Å². The van der Waals surface area contributed by atoms with E-state index in [1.165, 1.54) is 11.1 Å². The Balaban J connectivity index is 0.000000296. The van der Waals surface area contributed by atoms with Crippen LogP contribution >= 0.6 is 0 Å². The lowest BCUT2D eigenvalue weighted by atomic mass is 9.99. The summed E-state index contributed by atoms with van der Waals surface area (Å²) >= 11 is 0. The summed E-state index contributed by atoms with van der Waals surface area (Å²) in [6.45, 7) is 8.68. The molecule has 6 heteroatoms. The second kappa shape index (κ2) is 14.4. The minimum absolute atomic E-state index is 0.0490. The highest BCUT2D eigenvalue weighted by atomic mass is 16.1. The van der Waals surface area contributed by atoms with Crippen molar-refractivity contribution in [2.75, 3.05) is 13.6 Å². The fourth-order valence-electron chi connectivity index (χ4n) is 4.65. The van der Waals surface area contributed by atoms with Gasteiger partial charge in [-0.2, -0.15) is 5.26 Å². The van der Waals surface area contributed by atoms with E-state index in [0.717, 1.165) is 44.2 Å². The van der Waals surface area contributed by atoms with Crippen LogP contribution in [0.2, 0.25) is 0 Å². The highest BCUT2D eigenvalue weighted by Crippen LogP contribution is 2.29. The second-order valence-corrected chi connectivity index (χ2v) is 9.37. The van der Waals surface area contributed by atoms with Gasteiger partial charge in [0, 0.05) is 31.1 Å². The Labute approximate surface area is 210 Å². The number of aldehydes is 1. The average molecular weight is 477 g/mol. The predicted octanol–water partition coefficient (Wildman–Crippen LogP) is 4.36. The summed E-state index contributed by atoms with van der Waals surface area (Å²) in [6.07, 6.45) is 4.72. The Morgan fingerprint density at radius 2 is 1.77 bits per heavy atom. The summed E-state index contributed by atoms with van der Waals surface area (Å²) in [7, 11) is 2.15. The largest absolute Gasteiger partial charge is 0.351 e. The maximum absolute atomic E-state index is 12.2. The standard InChI is InChI=1S/C18H23N3O2.C9H11N.C2H6/c1-18(9-8-16(12-18)20-10-11-22)21-17(23)7-6-14-2-4-15(13-19)5-3-14;1-10-6-8-4-2-3-5-9(8)7-10;1-2/h2-5,11,16,20H,6-10,12H2,1H3,(H,21,23);2-5H,6-7H2,1H3;1-2H3. The van der Waals surface area contributed by atoms with E-state index in [0.29, 0.717) is 31.0 Å². The number of nitrogens with one attached hydrogen (secondary N) is 2. The number of fused-ring (bicyclic) bond motifs is 1. The van der Waals surface area contributed by atoms with E-state index < -0.39 is 0 Å². The summed E-state index contributed by atoms with van der Waals surface area (Å²) in [4.78, 5) is 24.9. The van der Waals surface area contributed by atoms with Crippen molar-refractivity contribution in [3.8, 4) is 6.07 Å². The highest BCUT2D eigenvalue weighted by molar-refractivity contribution is 5.77. The van der Waals surface area contributed by atoms with Crippen LogP contribution in [0, 0.1) is 11.3 Å². The number of nitriles is 1. The zero-order chi connectivity index (χ0) is 25.7. The van der Waals surface area contributed by atoms with Crippen LogP contribution in [-0.2, 0) is 29.1 Å². The van der Waals surface area contributed by atoms with E-state index in [-0.39, 0.29) is 11.4 Å². The number of carbonyl (C=O) groups excluding carboxylic acids is 2. The van der Waals surface area contributed by atoms with Crippen molar-refractivity contribution in [2.45, 2.75) is 77.5 Å². The smallest absolute Gasteiger partial charge is 0.220 e. The molecule has 35 heavy (non-hydrogen) atoms. The number of nitrogens with zero attached hydrogens (tertiary/aromatic N) is 2. The third-order valence-electron chi connectivity index (χ3n) is 6.40. The molecule has 6 nitrogen and oxygen atoms in total. The Bertz CT molecular complexity index is 958. The third-order valence-corrected chi connectivity index (χ3v) is 6.40. The third kappa shape index (κ3) is 9.28. The predicted molar refractivity (Wildman–Crippen MR) is 141 cm³/mol. The molecule has 1 heterocycles. The molecule has 1 amide bonds. The second-order valence-electron chi connectivity index (χ2n) is 9.37. The monoisotopic (exact) mass is 476 g/mol. The molecule has 2 unspecified atom stereocenters. The molecule has 2 N–H and O–H groups in total. The van der Waals surface area contributed by atoms with Gasteiger partial charge in [0.05, 0.1) is 18.2 Å². The van der Waals surface area contributed by atoms with Crippen LogP contribution < -0.4 is 10.6 Å². The van der Waals surface area contributed by atoms with Crippen LogP contribution in [0.5, 0.6) is 0 Å². The molecule has 4 rings (SSSR count). The fourth-order valence-corrected chi connectivity index (χ4v) is 4.65. The molecule has 1 fully saturated rings. The van der Waals surface area contributed by atoms with Crippen LogP contribution in [-0.4, -0.2) is 42.3 Å². The molecule has 1 saturated carbocycles. The number of aryl methyl sites for hydroxylation is 1. The molecule has 188 valence electrons. The summed E-state index contributed by atoms with van der Waals surface area (Å²) in [5, 5.41) is 15.1. The lowest BCUT2D eigenvalue weighted by molar-refractivity contribution is -0.122. The van der Waals surface area contributed by atoms with Gasteiger partial charge in [0.25, 0.3) is 0 Å². The Hall–Kier alpha value is -3.01. The molecule has 2 aliphatic rings. The minimum atomic E-state index is -0.192. The van der Waals surface area contributed by atoms with Crippen LogP contribution in [0.3, 0.4) is 0 Å². The molecule has 0 saturated heterocycles. The molecule has 2 atom stereocenters. The summed E-state index contributed by atoms with van der Waals surface area (Å²) in [5.41, 5.74) is 4.48. The SMILES string of the molecule is CC.CC1(NC(=O)CCc2ccc(C#N)cc2)CCC(NCC=O)C1.CN1Cc2ccccc2C1. The quantitative estimate of drug-likeness (QED) is 0.580. The van der Waals surface area contributed by atoms with Gasteiger partial charge in [-0.3, -0.25) is 9.69 Å². The van der Waals surface area contributed by atoms with Crippen molar-refractivity contribution in [3.63, 3.8) is 0 Å². The van der Waals surface area contributed by atoms with Gasteiger partial charge in [-0.1, -0.05) is 50.2 Å². The molecule has 0 spiro atoms. The van der Waals surface area contributed by atoms with E-state index >= 15 is 0 Å². The molecular weight excluding hydrogens is 436 g/mol. The van der Waals surface area contributed by atoms with Gasteiger partial charge in [0.1, 0.15) is 6.29 Å². The van der Waals surface area contributed by atoms with Gasteiger partial charge in [0.2, 0.25) is 5.91 Å².